The topological polar surface area (TPSA) is 38.3 Å². The maximum absolute atomic E-state index is 12.2. The molecule has 1 aliphatic carbocycles. The lowest BCUT2D eigenvalue weighted by Gasteiger charge is -2.18. The zero-order valence-corrected chi connectivity index (χ0v) is 14.5. The Bertz CT molecular complexity index is 724. The zero-order valence-electron chi connectivity index (χ0n) is 14.5. The van der Waals surface area contributed by atoms with E-state index in [1.165, 1.54) is 29.5 Å². The smallest absolute Gasteiger partial charge is 0.258 e. The van der Waals surface area contributed by atoms with Crippen LogP contribution in [-0.4, -0.2) is 12.5 Å². The molecular weight excluding hydrogens is 298 g/mol. The molecule has 0 bridgehead atoms. The molecule has 126 valence electrons. The first-order chi connectivity index (χ1) is 11.6. The first-order valence-electron chi connectivity index (χ1n) is 8.73. The molecule has 0 heterocycles. The highest BCUT2D eigenvalue weighted by molar-refractivity contribution is 5.78. The number of ether oxygens (including phenoxy) is 1. The summed E-state index contributed by atoms with van der Waals surface area (Å²) in [6.07, 6.45) is 4.78. The van der Waals surface area contributed by atoms with Crippen molar-refractivity contribution in [1.82, 2.24) is 5.32 Å². The second-order valence-corrected chi connectivity index (χ2v) is 6.57. The molecule has 3 rings (SSSR count). The van der Waals surface area contributed by atoms with Crippen LogP contribution in [0.2, 0.25) is 0 Å². The molecule has 3 nitrogen and oxygen atoms in total. The molecule has 2 aromatic rings. The van der Waals surface area contributed by atoms with Crippen LogP contribution in [0, 0.1) is 6.92 Å². The van der Waals surface area contributed by atoms with E-state index in [0.29, 0.717) is 0 Å². The van der Waals surface area contributed by atoms with E-state index in [4.69, 9.17) is 4.74 Å². The molecule has 3 heteroatoms. The predicted molar refractivity (Wildman–Crippen MR) is 96.3 cm³/mol. The van der Waals surface area contributed by atoms with Gasteiger partial charge in [0.25, 0.3) is 5.91 Å². The maximum atomic E-state index is 12.2. The van der Waals surface area contributed by atoms with E-state index >= 15 is 0 Å². The fraction of sp³-hybridized carbons (Fsp3) is 0.381. The largest absolute Gasteiger partial charge is 0.484 e. The van der Waals surface area contributed by atoms with E-state index in [1.54, 1.807) is 0 Å². The Labute approximate surface area is 144 Å². The minimum absolute atomic E-state index is 0.0224. The molecule has 0 saturated heterocycles. The summed E-state index contributed by atoms with van der Waals surface area (Å²) in [5, 5.41) is 3.01. The van der Waals surface area contributed by atoms with Crippen LogP contribution in [0.15, 0.2) is 42.5 Å². The van der Waals surface area contributed by atoms with E-state index in [1.807, 2.05) is 31.2 Å². The van der Waals surface area contributed by atoms with Gasteiger partial charge >= 0.3 is 0 Å². The molecule has 2 aromatic carbocycles. The van der Waals surface area contributed by atoms with Crippen molar-refractivity contribution in [2.75, 3.05) is 6.61 Å². The Hall–Kier alpha value is -2.29. The molecule has 0 saturated carbocycles. The summed E-state index contributed by atoms with van der Waals surface area (Å²) in [7, 11) is 0. The van der Waals surface area contributed by atoms with Gasteiger partial charge in [0.1, 0.15) is 5.75 Å². The van der Waals surface area contributed by atoms with Crippen molar-refractivity contribution in [1.29, 1.82) is 0 Å². The van der Waals surface area contributed by atoms with Gasteiger partial charge in [0.05, 0.1) is 6.04 Å². The van der Waals surface area contributed by atoms with Crippen LogP contribution in [0.1, 0.15) is 48.1 Å². The molecule has 0 spiro atoms. The van der Waals surface area contributed by atoms with Gasteiger partial charge in [-0.05, 0) is 73.9 Å². The van der Waals surface area contributed by atoms with E-state index in [-0.39, 0.29) is 18.6 Å². The SMILES string of the molecule is Cc1ccccc1C(C)NC(=O)COc1ccc2c(c1)CCCC2. The number of benzene rings is 2. The van der Waals surface area contributed by atoms with Gasteiger partial charge in [-0.3, -0.25) is 4.79 Å². The van der Waals surface area contributed by atoms with Gasteiger partial charge in [0.15, 0.2) is 6.61 Å². The summed E-state index contributed by atoms with van der Waals surface area (Å²) >= 11 is 0. The number of rotatable bonds is 5. The first-order valence-corrected chi connectivity index (χ1v) is 8.73. The van der Waals surface area contributed by atoms with Gasteiger partial charge in [-0.25, -0.2) is 0 Å². The second kappa shape index (κ2) is 7.52. The number of fused-ring (bicyclic) bond motifs is 1. The first kappa shape index (κ1) is 16.6. The Kier molecular flexibility index (Phi) is 5.19. The minimum atomic E-state index is -0.0940. The van der Waals surface area contributed by atoms with Crippen LogP contribution in [0.4, 0.5) is 0 Å². The van der Waals surface area contributed by atoms with Crippen molar-refractivity contribution in [2.24, 2.45) is 0 Å². The quantitative estimate of drug-likeness (QED) is 0.898. The summed E-state index contributed by atoms with van der Waals surface area (Å²) in [4.78, 5) is 12.2. The zero-order chi connectivity index (χ0) is 16.9. The average Bonchev–Trinajstić information content (AvgIpc) is 2.60. The third-order valence-corrected chi connectivity index (χ3v) is 4.72. The highest BCUT2D eigenvalue weighted by atomic mass is 16.5. The van der Waals surface area contributed by atoms with Crippen LogP contribution in [-0.2, 0) is 17.6 Å². The van der Waals surface area contributed by atoms with Crippen LogP contribution in [0.3, 0.4) is 0 Å². The Balaban J connectivity index is 1.55. The lowest BCUT2D eigenvalue weighted by molar-refractivity contribution is -0.123. The molecule has 0 aliphatic heterocycles. The standard InChI is InChI=1S/C21H25NO2/c1-15-7-3-6-10-20(15)16(2)22-21(23)14-24-19-12-11-17-8-4-5-9-18(17)13-19/h3,6-7,10-13,16H,4-5,8-9,14H2,1-2H3,(H,22,23). The van der Waals surface area contributed by atoms with E-state index in [9.17, 15) is 4.79 Å². The lowest BCUT2D eigenvalue weighted by Crippen LogP contribution is -2.31. The van der Waals surface area contributed by atoms with Crippen LogP contribution in [0.5, 0.6) is 5.75 Å². The Morgan fingerprint density at radius 1 is 1.12 bits per heavy atom. The number of amides is 1. The summed E-state index contributed by atoms with van der Waals surface area (Å²) in [6.45, 7) is 4.11. The Morgan fingerprint density at radius 2 is 1.88 bits per heavy atom. The van der Waals surface area contributed by atoms with Gasteiger partial charge in [0.2, 0.25) is 0 Å². The third kappa shape index (κ3) is 3.97. The summed E-state index contributed by atoms with van der Waals surface area (Å²) in [5.74, 6) is 0.692. The molecule has 0 radical (unpaired) electrons. The van der Waals surface area contributed by atoms with Crippen LogP contribution < -0.4 is 10.1 Å². The van der Waals surface area contributed by atoms with Gasteiger partial charge in [-0.2, -0.15) is 0 Å². The van der Waals surface area contributed by atoms with Crippen molar-refractivity contribution >= 4 is 5.91 Å². The highest BCUT2D eigenvalue weighted by Gasteiger charge is 2.13. The van der Waals surface area contributed by atoms with Crippen LogP contribution in [0.25, 0.3) is 0 Å². The van der Waals surface area contributed by atoms with Crippen molar-refractivity contribution in [2.45, 2.75) is 45.6 Å². The predicted octanol–water partition coefficient (Wildman–Crippen LogP) is 4.13. The number of aryl methyl sites for hydroxylation is 3. The van der Waals surface area contributed by atoms with Crippen molar-refractivity contribution in [3.8, 4) is 5.75 Å². The molecule has 1 amide bonds. The fourth-order valence-electron chi connectivity index (χ4n) is 3.38. The van der Waals surface area contributed by atoms with E-state index in [2.05, 4.69) is 30.4 Å². The number of carbonyl (C=O) groups is 1. The summed E-state index contributed by atoms with van der Waals surface area (Å²) in [5.41, 5.74) is 5.11. The summed E-state index contributed by atoms with van der Waals surface area (Å²) in [6, 6.07) is 14.3. The number of hydrogen-bond acceptors (Lipinski definition) is 2. The van der Waals surface area contributed by atoms with Crippen LogP contribution >= 0.6 is 0 Å². The van der Waals surface area contributed by atoms with E-state index < -0.39 is 0 Å². The van der Waals surface area contributed by atoms with Crippen molar-refractivity contribution in [3.05, 3.63) is 64.7 Å². The molecular formula is C21H25NO2. The number of nitrogens with one attached hydrogen (secondary N) is 1. The van der Waals surface area contributed by atoms with Crippen molar-refractivity contribution in [3.63, 3.8) is 0 Å². The second-order valence-electron chi connectivity index (χ2n) is 6.57. The third-order valence-electron chi connectivity index (χ3n) is 4.72. The van der Waals surface area contributed by atoms with Crippen molar-refractivity contribution < 1.29 is 9.53 Å². The minimum Gasteiger partial charge on any atom is -0.484 e. The molecule has 1 N–H and O–H groups in total. The molecule has 1 unspecified atom stereocenters. The summed E-state index contributed by atoms with van der Waals surface area (Å²) < 4.78 is 5.69. The molecule has 1 aliphatic rings. The van der Waals surface area contributed by atoms with Gasteiger partial charge in [0, 0.05) is 0 Å². The molecule has 0 fully saturated rings. The van der Waals surface area contributed by atoms with Gasteiger partial charge in [-0.15, -0.1) is 0 Å². The fourth-order valence-corrected chi connectivity index (χ4v) is 3.38. The van der Waals surface area contributed by atoms with E-state index in [0.717, 1.165) is 24.2 Å². The average molecular weight is 323 g/mol. The molecule has 0 aromatic heterocycles. The molecule has 1 atom stereocenters. The number of hydrogen-bond donors (Lipinski definition) is 1. The lowest BCUT2D eigenvalue weighted by atomic mass is 9.92. The molecule has 24 heavy (non-hydrogen) atoms. The monoisotopic (exact) mass is 323 g/mol. The van der Waals surface area contributed by atoms with Gasteiger partial charge < -0.3 is 10.1 Å². The Morgan fingerprint density at radius 3 is 2.67 bits per heavy atom. The number of carbonyl (C=O) groups excluding carboxylic acids is 1. The highest BCUT2D eigenvalue weighted by Crippen LogP contribution is 2.25. The van der Waals surface area contributed by atoms with Gasteiger partial charge in [-0.1, -0.05) is 30.3 Å². The maximum Gasteiger partial charge on any atom is 0.258 e. The normalized spacial score (nSPS) is 14.6.